The molecule has 0 fully saturated rings. The zero-order chi connectivity index (χ0) is 18.1. The Bertz CT molecular complexity index is 992. The maximum absolute atomic E-state index is 8.95. The van der Waals surface area contributed by atoms with Crippen molar-refractivity contribution in [3.63, 3.8) is 0 Å². The Morgan fingerprint density at radius 1 is 1.15 bits per heavy atom. The molecule has 26 heavy (non-hydrogen) atoms. The fourth-order valence-corrected chi connectivity index (χ4v) is 3.33. The summed E-state index contributed by atoms with van der Waals surface area (Å²) in [5.74, 6) is 2.96. The molecule has 1 aliphatic heterocycles. The molecular formula is C19H16N4O2S. The Morgan fingerprint density at radius 2 is 1.92 bits per heavy atom. The second kappa shape index (κ2) is 6.73. The average molecular weight is 364 g/mol. The Hall–Kier alpha value is -2.98. The van der Waals surface area contributed by atoms with Crippen LogP contribution in [-0.4, -0.2) is 21.6 Å². The Morgan fingerprint density at radius 3 is 2.65 bits per heavy atom. The molecule has 2 aromatic carbocycles. The predicted octanol–water partition coefficient (Wildman–Crippen LogP) is 3.58. The van der Waals surface area contributed by atoms with Crippen molar-refractivity contribution >= 4 is 12.6 Å². The van der Waals surface area contributed by atoms with Crippen molar-refractivity contribution in [2.24, 2.45) is 0 Å². The van der Waals surface area contributed by atoms with Gasteiger partial charge in [0.25, 0.3) is 0 Å². The monoisotopic (exact) mass is 364 g/mol. The SMILES string of the molecule is CCn1c(-c2ccc3c(c2)OCO3)nnc1C(S)c1ccc(C#N)cc1. The normalized spacial score (nSPS) is 13.4. The van der Waals surface area contributed by atoms with Gasteiger partial charge in [0, 0.05) is 12.1 Å². The van der Waals surface area contributed by atoms with Gasteiger partial charge in [-0.15, -0.1) is 10.2 Å². The molecule has 130 valence electrons. The van der Waals surface area contributed by atoms with Gasteiger partial charge in [0.05, 0.1) is 16.9 Å². The molecule has 0 saturated heterocycles. The van der Waals surface area contributed by atoms with Crippen LogP contribution in [0.5, 0.6) is 11.5 Å². The summed E-state index contributed by atoms with van der Waals surface area (Å²) < 4.78 is 12.9. The fourth-order valence-electron chi connectivity index (χ4n) is 2.97. The fraction of sp³-hybridized carbons (Fsp3) is 0.211. The van der Waals surface area contributed by atoms with E-state index in [1.807, 2.05) is 41.8 Å². The van der Waals surface area contributed by atoms with Crippen molar-refractivity contribution in [1.29, 1.82) is 5.26 Å². The maximum atomic E-state index is 8.95. The molecule has 6 nitrogen and oxygen atoms in total. The molecule has 1 aromatic heterocycles. The van der Waals surface area contributed by atoms with Gasteiger partial charge in [0.1, 0.15) is 0 Å². The number of rotatable bonds is 4. The van der Waals surface area contributed by atoms with Crippen LogP contribution in [0.15, 0.2) is 42.5 Å². The second-order valence-electron chi connectivity index (χ2n) is 5.83. The van der Waals surface area contributed by atoms with Crippen LogP contribution in [0.3, 0.4) is 0 Å². The molecule has 0 bridgehead atoms. The van der Waals surface area contributed by atoms with Crippen molar-refractivity contribution in [2.75, 3.05) is 6.79 Å². The number of fused-ring (bicyclic) bond motifs is 1. The lowest BCUT2D eigenvalue weighted by Gasteiger charge is -2.13. The van der Waals surface area contributed by atoms with Gasteiger partial charge in [-0.25, -0.2) is 0 Å². The largest absolute Gasteiger partial charge is 0.454 e. The van der Waals surface area contributed by atoms with Gasteiger partial charge >= 0.3 is 0 Å². The summed E-state index contributed by atoms with van der Waals surface area (Å²) in [4.78, 5) is 0. The van der Waals surface area contributed by atoms with E-state index in [2.05, 4.69) is 16.3 Å². The topological polar surface area (TPSA) is 73.0 Å². The zero-order valence-corrected chi connectivity index (χ0v) is 15.0. The first-order valence-electron chi connectivity index (χ1n) is 8.22. The van der Waals surface area contributed by atoms with Gasteiger partial charge in [0.15, 0.2) is 23.1 Å². The summed E-state index contributed by atoms with van der Waals surface area (Å²) in [7, 11) is 0. The van der Waals surface area contributed by atoms with E-state index in [0.29, 0.717) is 17.9 Å². The lowest BCUT2D eigenvalue weighted by molar-refractivity contribution is 0.174. The summed E-state index contributed by atoms with van der Waals surface area (Å²) in [6.07, 6.45) is 0. The minimum absolute atomic E-state index is 0.238. The van der Waals surface area contributed by atoms with Gasteiger partial charge in [-0.2, -0.15) is 17.9 Å². The number of thiol groups is 1. The number of benzene rings is 2. The van der Waals surface area contributed by atoms with Gasteiger partial charge in [-0.1, -0.05) is 12.1 Å². The minimum Gasteiger partial charge on any atom is -0.454 e. The van der Waals surface area contributed by atoms with E-state index < -0.39 is 0 Å². The van der Waals surface area contributed by atoms with Crippen LogP contribution in [-0.2, 0) is 6.54 Å². The lowest BCUT2D eigenvalue weighted by Crippen LogP contribution is -2.07. The first-order chi connectivity index (χ1) is 12.7. The molecule has 0 radical (unpaired) electrons. The molecule has 0 saturated carbocycles. The van der Waals surface area contributed by atoms with E-state index >= 15 is 0 Å². The van der Waals surface area contributed by atoms with Gasteiger partial charge in [-0.3, -0.25) is 0 Å². The highest BCUT2D eigenvalue weighted by Crippen LogP contribution is 2.36. The van der Waals surface area contributed by atoms with Crippen molar-refractivity contribution in [3.05, 3.63) is 59.4 Å². The highest BCUT2D eigenvalue weighted by Gasteiger charge is 2.22. The molecule has 1 aliphatic rings. The number of nitrogens with zero attached hydrogens (tertiary/aromatic N) is 4. The smallest absolute Gasteiger partial charge is 0.231 e. The van der Waals surface area contributed by atoms with Crippen molar-refractivity contribution in [3.8, 4) is 29.0 Å². The van der Waals surface area contributed by atoms with Crippen LogP contribution in [0.4, 0.5) is 0 Å². The van der Waals surface area contributed by atoms with Crippen molar-refractivity contribution in [2.45, 2.75) is 18.7 Å². The summed E-state index contributed by atoms with van der Waals surface area (Å²) in [5, 5.41) is 17.5. The number of hydrogen-bond acceptors (Lipinski definition) is 6. The Kier molecular flexibility index (Phi) is 4.27. The van der Waals surface area contributed by atoms with Crippen LogP contribution < -0.4 is 9.47 Å². The van der Waals surface area contributed by atoms with Gasteiger partial charge in [-0.05, 0) is 42.8 Å². The summed E-state index contributed by atoms with van der Waals surface area (Å²) in [6.45, 7) is 2.99. The van der Waals surface area contributed by atoms with Gasteiger partial charge < -0.3 is 14.0 Å². The van der Waals surface area contributed by atoms with E-state index in [9.17, 15) is 0 Å². The van der Waals surface area contributed by atoms with Crippen molar-refractivity contribution < 1.29 is 9.47 Å². The first-order valence-corrected chi connectivity index (χ1v) is 8.74. The summed E-state index contributed by atoms with van der Waals surface area (Å²) >= 11 is 4.74. The standard InChI is InChI=1S/C19H16N4O2S/c1-2-23-18(14-7-8-15-16(9-14)25-11-24-15)21-22-19(23)17(26)13-5-3-12(10-20)4-6-13/h3-9,17,26H,2,11H2,1H3. The van der Waals surface area contributed by atoms with Crippen LogP contribution in [0.1, 0.15) is 29.1 Å². The van der Waals surface area contributed by atoms with E-state index in [0.717, 1.165) is 28.5 Å². The first kappa shape index (κ1) is 16.5. The quantitative estimate of drug-likeness (QED) is 0.716. The molecule has 3 aromatic rings. The van der Waals surface area contributed by atoms with E-state index in [-0.39, 0.29) is 12.0 Å². The third-order valence-electron chi connectivity index (χ3n) is 4.33. The molecule has 0 N–H and O–H groups in total. The van der Waals surface area contributed by atoms with Gasteiger partial charge in [0.2, 0.25) is 6.79 Å². The second-order valence-corrected chi connectivity index (χ2v) is 6.35. The highest BCUT2D eigenvalue weighted by molar-refractivity contribution is 7.80. The van der Waals surface area contributed by atoms with Crippen LogP contribution in [0, 0.1) is 11.3 Å². The summed E-state index contributed by atoms with van der Waals surface area (Å²) in [6, 6.07) is 15.2. The highest BCUT2D eigenvalue weighted by atomic mass is 32.1. The molecule has 4 rings (SSSR count). The predicted molar refractivity (Wildman–Crippen MR) is 99.2 cm³/mol. The third-order valence-corrected chi connectivity index (χ3v) is 4.86. The molecule has 1 atom stereocenters. The molecule has 2 heterocycles. The van der Waals surface area contributed by atoms with E-state index in [4.69, 9.17) is 27.4 Å². The van der Waals surface area contributed by atoms with Crippen LogP contribution in [0.2, 0.25) is 0 Å². The molecule has 1 unspecified atom stereocenters. The molecule has 7 heteroatoms. The number of aromatic nitrogens is 3. The molecule has 0 spiro atoms. The Labute approximate surface area is 156 Å². The number of ether oxygens (including phenoxy) is 2. The zero-order valence-electron chi connectivity index (χ0n) is 14.1. The number of nitriles is 1. The molecular weight excluding hydrogens is 348 g/mol. The van der Waals surface area contributed by atoms with Crippen LogP contribution in [0.25, 0.3) is 11.4 Å². The summed E-state index contributed by atoms with van der Waals surface area (Å²) in [5.41, 5.74) is 2.49. The van der Waals surface area contributed by atoms with Crippen molar-refractivity contribution in [1.82, 2.24) is 14.8 Å². The Balaban J connectivity index is 1.71. The molecule has 0 aliphatic carbocycles. The lowest BCUT2D eigenvalue weighted by atomic mass is 10.1. The number of hydrogen-bond donors (Lipinski definition) is 1. The maximum Gasteiger partial charge on any atom is 0.231 e. The third kappa shape index (κ3) is 2.78. The minimum atomic E-state index is -0.238. The van der Waals surface area contributed by atoms with Crippen LogP contribution >= 0.6 is 12.6 Å². The molecule has 0 amide bonds. The average Bonchev–Trinajstić information content (AvgIpc) is 3.33. The van der Waals surface area contributed by atoms with E-state index in [1.54, 1.807) is 12.1 Å². The van der Waals surface area contributed by atoms with E-state index in [1.165, 1.54) is 0 Å².